The van der Waals surface area contributed by atoms with Gasteiger partial charge in [-0.15, -0.1) is 0 Å². The molecule has 0 saturated carbocycles. The third kappa shape index (κ3) is 3.58. The van der Waals surface area contributed by atoms with E-state index in [2.05, 4.69) is 25.7 Å². The molecule has 0 spiro atoms. The molecule has 0 aliphatic carbocycles. The first-order valence-electron chi connectivity index (χ1n) is 6.05. The van der Waals surface area contributed by atoms with Crippen molar-refractivity contribution in [3.05, 3.63) is 0 Å². The summed E-state index contributed by atoms with van der Waals surface area (Å²) in [5.74, 6) is 0.712. The second kappa shape index (κ2) is 5.72. The van der Waals surface area contributed by atoms with Crippen LogP contribution in [0.15, 0.2) is 0 Å². The van der Waals surface area contributed by atoms with Gasteiger partial charge in [-0.05, 0) is 18.8 Å². The molecular formula is C12H25NO. The molecule has 0 aromatic heterocycles. The fourth-order valence-corrected chi connectivity index (χ4v) is 2.39. The van der Waals surface area contributed by atoms with Crippen molar-refractivity contribution >= 4 is 0 Å². The lowest BCUT2D eigenvalue weighted by Gasteiger charge is -2.25. The zero-order valence-corrected chi connectivity index (χ0v) is 9.87. The van der Waals surface area contributed by atoms with E-state index < -0.39 is 0 Å². The zero-order valence-electron chi connectivity index (χ0n) is 9.87. The van der Waals surface area contributed by atoms with Crippen LogP contribution in [-0.4, -0.2) is 35.2 Å². The number of rotatable bonds is 5. The molecule has 0 bridgehead atoms. The average Bonchev–Trinajstić information content (AvgIpc) is 2.41. The van der Waals surface area contributed by atoms with Gasteiger partial charge in [-0.25, -0.2) is 0 Å². The van der Waals surface area contributed by atoms with Crippen LogP contribution >= 0.6 is 0 Å². The number of aliphatic hydroxyl groups excluding tert-OH is 1. The molecule has 84 valence electrons. The second-order valence-corrected chi connectivity index (χ2v) is 5.03. The van der Waals surface area contributed by atoms with Gasteiger partial charge in [0.15, 0.2) is 0 Å². The van der Waals surface area contributed by atoms with Gasteiger partial charge in [0, 0.05) is 19.1 Å². The average molecular weight is 199 g/mol. The Morgan fingerprint density at radius 3 is 2.71 bits per heavy atom. The van der Waals surface area contributed by atoms with Crippen LogP contribution in [0.2, 0.25) is 0 Å². The Kier molecular flexibility index (Phi) is 4.90. The van der Waals surface area contributed by atoms with Crippen LogP contribution in [0.1, 0.15) is 46.5 Å². The predicted molar refractivity (Wildman–Crippen MR) is 60.3 cm³/mol. The molecule has 2 atom stereocenters. The minimum atomic E-state index is -0.0735. The first kappa shape index (κ1) is 12.0. The maximum absolute atomic E-state index is 9.64. The fraction of sp³-hybridized carbons (Fsp3) is 1.00. The number of aliphatic hydroxyl groups is 1. The van der Waals surface area contributed by atoms with E-state index in [9.17, 15) is 5.11 Å². The smallest absolute Gasteiger partial charge is 0.0682 e. The van der Waals surface area contributed by atoms with Gasteiger partial charge in [0.2, 0.25) is 0 Å². The molecular weight excluding hydrogens is 174 g/mol. The van der Waals surface area contributed by atoms with Crippen molar-refractivity contribution in [2.24, 2.45) is 5.92 Å². The Bertz CT molecular complexity index is 158. The van der Waals surface area contributed by atoms with E-state index in [0.717, 1.165) is 19.5 Å². The highest BCUT2D eigenvalue weighted by Crippen LogP contribution is 2.23. The summed E-state index contributed by atoms with van der Waals surface area (Å²) in [5, 5.41) is 9.64. The molecule has 14 heavy (non-hydrogen) atoms. The minimum Gasteiger partial charge on any atom is -0.392 e. The Balaban J connectivity index is 2.37. The maximum Gasteiger partial charge on any atom is 0.0682 e. The van der Waals surface area contributed by atoms with E-state index in [4.69, 9.17) is 0 Å². The molecule has 1 saturated heterocycles. The number of β-amino-alcohol motifs (C(OH)–C–C–N with tert-alkyl or cyclic N) is 1. The van der Waals surface area contributed by atoms with Gasteiger partial charge in [-0.1, -0.05) is 33.6 Å². The number of nitrogens with zero attached hydrogens (tertiary/aromatic N) is 1. The van der Waals surface area contributed by atoms with Crippen molar-refractivity contribution in [1.82, 2.24) is 4.90 Å². The quantitative estimate of drug-likeness (QED) is 0.734. The molecule has 1 heterocycles. The Hall–Kier alpha value is -0.0800. The van der Waals surface area contributed by atoms with Crippen molar-refractivity contribution in [1.29, 1.82) is 0 Å². The summed E-state index contributed by atoms with van der Waals surface area (Å²) in [6.45, 7) is 8.78. The van der Waals surface area contributed by atoms with E-state index in [1.165, 1.54) is 19.3 Å². The number of hydrogen-bond acceptors (Lipinski definition) is 2. The summed E-state index contributed by atoms with van der Waals surface area (Å²) in [7, 11) is 0. The number of unbranched alkanes of at least 4 members (excludes halogenated alkanes) is 1. The van der Waals surface area contributed by atoms with Crippen molar-refractivity contribution in [3.8, 4) is 0 Å². The first-order valence-corrected chi connectivity index (χ1v) is 6.05. The first-order chi connectivity index (χ1) is 6.63. The second-order valence-electron chi connectivity index (χ2n) is 5.03. The van der Waals surface area contributed by atoms with Crippen LogP contribution in [0.5, 0.6) is 0 Å². The van der Waals surface area contributed by atoms with Crippen LogP contribution in [0.3, 0.4) is 0 Å². The van der Waals surface area contributed by atoms with Gasteiger partial charge < -0.3 is 5.11 Å². The number of likely N-dealkylation sites (tertiary alicyclic amines) is 1. The Morgan fingerprint density at radius 1 is 1.43 bits per heavy atom. The minimum absolute atomic E-state index is 0.0735. The van der Waals surface area contributed by atoms with Crippen LogP contribution in [0, 0.1) is 5.92 Å². The summed E-state index contributed by atoms with van der Waals surface area (Å²) in [4.78, 5) is 2.48. The predicted octanol–water partition coefficient (Wildman–Crippen LogP) is 2.27. The molecule has 2 nitrogen and oxygen atoms in total. The summed E-state index contributed by atoms with van der Waals surface area (Å²) in [5.41, 5.74) is 0. The molecule has 2 heteroatoms. The Labute approximate surface area is 88.3 Å². The van der Waals surface area contributed by atoms with Crippen molar-refractivity contribution in [2.75, 3.05) is 13.1 Å². The van der Waals surface area contributed by atoms with Crippen LogP contribution < -0.4 is 0 Å². The highest BCUT2D eigenvalue weighted by Gasteiger charge is 2.30. The normalized spacial score (nSPS) is 28.9. The van der Waals surface area contributed by atoms with E-state index >= 15 is 0 Å². The highest BCUT2D eigenvalue weighted by molar-refractivity contribution is 4.85. The molecule has 0 unspecified atom stereocenters. The summed E-state index contributed by atoms with van der Waals surface area (Å²) in [6.07, 6.45) is 4.75. The van der Waals surface area contributed by atoms with Gasteiger partial charge >= 0.3 is 0 Å². The molecule has 1 fully saturated rings. The maximum atomic E-state index is 9.64. The molecule has 1 N–H and O–H groups in total. The summed E-state index contributed by atoms with van der Waals surface area (Å²) >= 11 is 0. The van der Waals surface area contributed by atoms with E-state index in [-0.39, 0.29) is 6.10 Å². The number of hydrogen-bond donors (Lipinski definition) is 1. The monoisotopic (exact) mass is 199 g/mol. The molecule has 0 amide bonds. The lowest BCUT2D eigenvalue weighted by molar-refractivity contribution is 0.168. The third-order valence-electron chi connectivity index (χ3n) is 3.00. The topological polar surface area (TPSA) is 23.5 Å². The molecule has 0 aromatic carbocycles. The van der Waals surface area contributed by atoms with Gasteiger partial charge in [0.25, 0.3) is 0 Å². The summed E-state index contributed by atoms with van der Waals surface area (Å²) in [6, 6.07) is 0.646. The van der Waals surface area contributed by atoms with E-state index in [0.29, 0.717) is 12.0 Å². The van der Waals surface area contributed by atoms with Crippen LogP contribution in [0.4, 0.5) is 0 Å². The molecule has 0 radical (unpaired) electrons. The molecule has 1 rings (SSSR count). The van der Waals surface area contributed by atoms with E-state index in [1.807, 2.05) is 0 Å². The van der Waals surface area contributed by atoms with Crippen LogP contribution in [0.25, 0.3) is 0 Å². The van der Waals surface area contributed by atoms with E-state index in [1.54, 1.807) is 0 Å². The fourth-order valence-electron chi connectivity index (χ4n) is 2.39. The van der Waals surface area contributed by atoms with Gasteiger partial charge in [0.1, 0.15) is 0 Å². The lowest BCUT2D eigenvalue weighted by atomic mass is 10.1. The Morgan fingerprint density at radius 2 is 2.14 bits per heavy atom. The standard InChI is InChI=1S/C12H25NO/c1-4-5-6-11-7-12(14)9-13(11)8-10(2)3/h10-12,14H,4-9H2,1-3H3/t11-,12-/m0/s1. The summed E-state index contributed by atoms with van der Waals surface area (Å²) < 4.78 is 0. The van der Waals surface area contributed by atoms with Crippen molar-refractivity contribution in [3.63, 3.8) is 0 Å². The van der Waals surface area contributed by atoms with Crippen molar-refractivity contribution < 1.29 is 5.11 Å². The molecule has 1 aliphatic heterocycles. The largest absolute Gasteiger partial charge is 0.392 e. The molecule has 0 aromatic rings. The van der Waals surface area contributed by atoms with Gasteiger partial charge in [-0.3, -0.25) is 4.90 Å². The molecule has 1 aliphatic rings. The van der Waals surface area contributed by atoms with Crippen molar-refractivity contribution in [2.45, 2.75) is 58.6 Å². The highest BCUT2D eigenvalue weighted by atomic mass is 16.3. The van der Waals surface area contributed by atoms with Gasteiger partial charge in [-0.2, -0.15) is 0 Å². The van der Waals surface area contributed by atoms with Crippen LogP contribution in [-0.2, 0) is 0 Å². The zero-order chi connectivity index (χ0) is 10.6. The van der Waals surface area contributed by atoms with Gasteiger partial charge in [0.05, 0.1) is 6.10 Å². The third-order valence-corrected chi connectivity index (χ3v) is 3.00. The SMILES string of the molecule is CCCC[C@H]1C[C@H](O)CN1CC(C)C. The lowest BCUT2D eigenvalue weighted by Crippen LogP contribution is -2.33.